The molecule has 1 aliphatic rings. The average molecular weight is 349 g/mol. The van der Waals surface area contributed by atoms with Gasteiger partial charge in [-0.2, -0.15) is 13.2 Å². The maximum Gasteiger partial charge on any atom is 0.394 e. The lowest BCUT2D eigenvalue weighted by Gasteiger charge is -2.25. The number of hydrogen-bond acceptors (Lipinski definition) is 6. The lowest BCUT2D eigenvalue weighted by molar-refractivity contribution is -0.201. The van der Waals surface area contributed by atoms with Crippen molar-refractivity contribution < 1.29 is 36.7 Å². The average Bonchev–Trinajstić information content (AvgIpc) is 3.14. The van der Waals surface area contributed by atoms with Crippen molar-refractivity contribution in [2.45, 2.75) is 32.1 Å². The lowest BCUT2D eigenvalue weighted by atomic mass is 9.85. The van der Waals surface area contributed by atoms with Gasteiger partial charge in [-0.15, -0.1) is 0 Å². The lowest BCUT2D eigenvalue weighted by Crippen LogP contribution is -2.45. The number of hydrogen-bond donors (Lipinski definition) is 1. The van der Waals surface area contributed by atoms with E-state index in [-0.39, 0.29) is 19.0 Å². The predicted octanol–water partition coefficient (Wildman–Crippen LogP) is 2.21. The third-order valence-electron chi connectivity index (χ3n) is 3.79. The highest BCUT2D eigenvalue weighted by Crippen LogP contribution is 2.46. The molecule has 9 heteroatoms. The molecular formula is C15H18F3NO5. The van der Waals surface area contributed by atoms with Crippen LogP contribution >= 0.6 is 0 Å². The van der Waals surface area contributed by atoms with Crippen molar-refractivity contribution in [1.82, 2.24) is 5.32 Å². The summed E-state index contributed by atoms with van der Waals surface area (Å²) in [5, 5.41) is 2.53. The van der Waals surface area contributed by atoms with Crippen molar-refractivity contribution in [3.05, 3.63) is 24.2 Å². The number of halogens is 3. The number of carbonyl (C=O) groups excluding carboxylic acids is 2. The van der Waals surface area contributed by atoms with E-state index in [4.69, 9.17) is 13.9 Å². The monoisotopic (exact) mass is 349 g/mol. The molecule has 0 spiro atoms. The first-order valence-corrected chi connectivity index (χ1v) is 7.50. The second kappa shape index (κ2) is 7.25. The van der Waals surface area contributed by atoms with Crippen LogP contribution in [0.25, 0.3) is 0 Å². The summed E-state index contributed by atoms with van der Waals surface area (Å²) in [6.45, 7) is 2.84. The molecule has 24 heavy (non-hydrogen) atoms. The number of ether oxygens (including phenoxy) is 2. The predicted molar refractivity (Wildman–Crippen MR) is 74.7 cm³/mol. The van der Waals surface area contributed by atoms with E-state index >= 15 is 0 Å². The van der Waals surface area contributed by atoms with Crippen LogP contribution in [-0.4, -0.2) is 37.4 Å². The van der Waals surface area contributed by atoms with Crippen molar-refractivity contribution in [2.75, 3.05) is 13.2 Å². The zero-order valence-electron chi connectivity index (χ0n) is 13.1. The Kier molecular flexibility index (Phi) is 5.53. The van der Waals surface area contributed by atoms with Crippen molar-refractivity contribution >= 4 is 11.9 Å². The van der Waals surface area contributed by atoms with Crippen LogP contribution in [-0.2, 0) is 19.1 Å². The molecule has 1 aromatic heterocycles. The van der Waals surface area contributed by atoms with Gasteiger partial charge in [-0.1, -0.05) is 0 Å². The molecule has 0 bridgehead atoms. The standard InChI is InChI=1S/C15H18F3NO5/c1-3-22-13(20)9-10(15(16,17)18)12(14(21)23-4-2)19-11(9)8-6-5-7-24-8/h5-7,9-12,19H,3-4H2,1-2H3/t9-,10-,11-,12-/m0/s1. The van der Waals surface area contributed by atoms with E-state index in [0.29, 0.717) is 0 Å². The molecule has 1 fully saturated rings. The molecule has 134 valence electrons. The van der Waals surface area contributed by atoms with Gasteiger partial charge in [0.15, 0.2) is 0 Å². The molecule has 0 aliphatic carbocycles. The summed E-state index contributed by atoms with van der Waals surface area (Å²) in [6.07, 6.45) is -3.53. The van der Waals surface area contributed by atoms with Gasteiger partial charge in [0.1, 0.15) is 11.8 Å². The molecule has 2 heterocycles. The topological polar surface area (TPSA) is 77.8 Å². The molecule has 0 radical (unpaired) electrons. The van der Waals surface area contributed by atoms with Crippen LogP contribution in [0.3, 0.4) is 0 Å². The Morgan fingerprint density at radius 3 is 2.33 bits per heavy atom. The molecule has 4 atom stereocenters. The molecule has 0 amide bonds. The molecule has 1 aliphatic heterocycles. The number of carbonyl (C=O) groups is 2. The summed E-state index contributed by atoms with van der Waals surface area (Å²) >= 11 is 0. The summed E-state index contributed by atoms with van der Waals surface area (Å²) in [5.41, 5.74) is 0. The van der Waals surface area contributed by atoms with E-state index in [1.807, 2.05) is 0 Å². The number of nitrogens with one attached hydrogen (secondary N) is 1. The molecule has 1 aromatic rings. The molecule has 0 unspecified atom stereocenters. The van der Waals surface area contributed by atoms with E-state index in [1.54, 1.807) is 0 Å². The summed E-state index contributed by atoms with van der Waals surface area (Å²) in [7, 11) is 0. The minimum Gasteiger partial charge on any atom is -0.468 e. The van der Waals surface area contributed by atoms with Crippen LogP contribution in [0.1, 0.15) is 25.6 Å². The van der Waals surface area contributed by atoms with E-state index in [0.717, 1.165) is 0 Å². The van der Waals surface area contributed by atoms with Crippen LogP contribution in [0.5, 0.6) is 0 Å². The first-order valence-electron chi connectivity index (χ1n) is 7.50. The molecule has 0 aromatic carbocycles. The number of esters is 2. The van der Waals surface area contributed by atoms with E-state index in [1.165, 1.54) is 32.2 Å². The van der Waals surface area contributed by atoms with Gasteiger partial charge >= 0.3 is 18.1 Å². The fourth-order valence-corrected chi connectivity index (χ4v) is 2.90. The Balaban J connectivity index is 2.44. The first-order chi connectivity index (χ1) is 11.3. The minimum absolute atomic E-state index is 0.0723. The minimum atomic E-state index is -4.80. The summed E-state index contributed by atoms with van der Waals surface area (Å²) in [6, 6.07) is 0.0687. The van der Waals surface area contributed by atoms with E-state index in [9.17, 15) is 22.8 Å². The van der Waals surface area contributed by atoms with Gasteiger partial charge in [0, 0.05) is 0 Å². The van der Waals surface area contributed by atoms with Gasteiger partial charge < -0.3 is 13.9 Å². The Morgan fingerprint density at radius 1 is 1.21 bits per heavy atom. The smallest absolute Gasteiger partial charge is 0.394 e. The Labute approximate surface area is 136 Å². The summed E-state index contributed by atoms with van der Waals surface area (Å²) in [5.74, 6) is -5.91. The van der Waals surface area contributed by atoms with Crippen molar-refractivity contribution in [2.24, 2.45) is 11.8 Å². The molecule has 2 rings (SSSR count). The maximum absolute atomic E-state index is 13.6. The fourth-order valence-electron chi connectivity index (χ4n) is 2.90. The first kappa shape index (κ1) is 18.3. The quantitative estimate of drug-likeness (QED) is 0.822. The third-order valence-corrected chi connectivity index (χ3v) is 3.79. The zero-order chi connectivity index (χ0) is 17.9. The van der Waals surface area contributed by atoms with E-state index in [2.05, 4.69) is 5.32 Å². The summed E-state index contributed by atoms with van der Waals surface area (Å²) in [4.78, 5) is 24.2. The third kappa shape index (κ3) is 3.55. The van der Waals surface area contributed by atoms with Crippen LogP contribution in [0.4, 0.5) is 13.2 Å². The van der Waals surface area contributed by atoms with Crippen LogP contribution in [0.2, 0.25) is 0 Å². The van der Waals surface area contributed by atoms with E-state index < -0.39 is 42.0 Å². The second-order valence-electron chi connectivity index (χ2n) is 5.23. The highest BCUT2D eigenvalue weighted by Gasteiger charge is 2.62. The number of furan rings is 1. The van der Waals surface area contributed by atoms with Gasteiger partial charge in [0.25, 0.3) is 0 Å². The van der Waals surface area contributed by atoms with Gasteiger partial charge in [-0.3, -0.25) is 14.9 Å². The largest absolute Gasteiger partial charge is 0.468 e. The molecule has 1 saturated heterocycles. The highest BCUT2D eigenvalue weighted by molar-refractivity contribution is 5.81. The Hall–Kier alpha value is -2.03. The molecular weight excluding hydrogens is 331 g/mol. The Morgan fingerprint density at radius 2 is 1.83 bits per heavy atom. The summed E-state index contributed by atoms with van der Waals surface area (Å²) < 4.78 is 55.4. The second-order valence-corrected chi connectivity index (χ2v) is 5.23. The van der Waals surface area contributed by atoms with Crippen LogP contribution in [0, 0.1) is 11.8 Å². The molecule has 6 nitrogen and oxygen atoms in total. The highest BCUT2D eigenvalue weighted by atomic mass is 19.4. The van der Waals surface area contributed by atoms with Gasteiger partial charge in [0.05, 0.1) is 37.4 Å². The van der Waals surface area contributed by atoms with Gasteiger partial charge in [0.2, 0.25) is 0 Å². The number of rotatable bonds is 5. The van der Waals surface area contributed by atoms with Gasteiger partial charge in [-0.25, -0.2) is 0 Å². The van der Waals surface area contributed by atoms with Crippen molar-refractivity contribution in [3.8, 4) is 0 Å². The normalized spacial score (nSPS) is 27.0. The molecule has 0 saturated carbocycles. The van der Waals surface area contributed by atoms with Crippen LogP contribution < -0.4 is 5.32 Å². The Bertz CT molecular complexity index is 572. The van der Waals surface area contributed by atoms with Crippen molar-refractivity contribution in [3.63, 3.8) is 0 Å². The zero-order valence-corrected chi connectivity index (χ0v) is 13.1. The van der Waals surface area contributed by atoms with Crippen LogP contribution in [0.15, 0.2) is 22.8 Å². The van der Waals surface area contributed by atoms with Gasteiger partial charge in [-0.05, 0) is 26.0 Å². The maximum atomic E-state index is 13.6. The molecule has 1 N–H and O–H groups in total. The fraction of sp³-hybridized carbons (Fsp3) is 0.600. The number of alkyl halides is 3. The SMILES string of the molecule is CCOC(=O)[C@H]1[C@H](C(F)(F)F)[C@@H](C(=O)OCC)N[C@H]1c1ccco1. The van der Waals surface area contributed by atoms with Crippen molar-refractivity contribution in [1.29, 1.82) is 0 Å².